The van der Waals surface area contributed by atoms with Gasteiger partial charge in [-0.2, -0.15) is 0 Å². The molecule has 0 saturated carbocycles. The van der Waals surface area contributed by atoms with Gasteiger partial charge < -0.3 is 15.3 Å². The lowest BCUT2D eigenvalue weighted by Crippen LogP contribution is -2.34. The molecule has 1 aliphatic heterocycles. The van der Waals surface area contributed by atoms with Gasteiger partial charge in [0.25, 0.3) is 0 Å². The second-order valence-electron chi connectivity index (χ2n) is 3.56. The molecule has 1 saturated heterocycles. The highest BCUT2D eigenvalue weighted by Crippen LogP contribution is 2.06. The number of rotatable bonds is 5. The minimum absolute atomic E-state index is 0.330. The van der Waals surface area contributed by atoms with Crippen LogP contribution in [0.4, 0.5) is 0 Å². The number of likely N-dealkylation sites (N-methyl/N-ethyl adjacent to an activating group) is 1. The summed E-state index contributed by atoms with van der Waals surface area (Å²) in [4.78, 5) is 2.40. The average Bonchev–Trinajstić information content (AvgIpc) is 2.56. The summed E-state index contributed by atoms with van der Waals surface area (Å²) in [7, 11) is 2.18. The highest BCUT2D eigenvalue weighted by Gasteiger charge is 2.17. The first kappa shape index (κ1) is 9.96. The van der Waals surface area contributed by atoms with Gasteiger partial charge in [0.1, 0.15) is 0 Å². The van der Waals surface area contributed by atoms with Crippen molar-refractivity contribution in [2.45, 2.75) is 25.3 Å². The van der Waals surface area contributed by atoms with E-state index >= 15 is 0 Å². The smallest absolute Gasteiger partial charge is 0.0431 e. The first-order chi connectivity index (χ1) is 5.84. The molecule has 0 radical (unpaired) electrons. The zero-order chi connectivity index (χ0) is 8.81. The second-order valence-corrected chi connectivity index (χ2v) is 3.56. The molecule has 1 rings (SSSR count). The number of hydrogen-bond donors (Lipinski definition) is 2. The third-order valence-corrected chi connectivity index (χ3v) is 2.58. The topological polar surface area (TPSA) is 35.5 Å². The number of hydrogen-bond acceptors (Lipinski definition) is 3. The molecule has 3 nitrogen and oxygen atoms in total. The Morgan fingerprint density at radius 3 is 2.92 bits per heavy atom. The van der Waals surface area contributed by atoms with Crippen molar-refractivity contribution in [3.63, 3.8) is 0 Å². The second kappa shape index (κ2) is 5.51. The molecule has 2 N–H and O–H groups in total. The quantitative estimate of drug-likeness (QED) is 0.575. The van der Waals surface area contributed by atoms with Crippen LogP contribution < -0.4 is 5.32 Å². The van der Waals surface area contributed by atoms with Gasteiger partial charge in [-0.25, -0.2) is 0 Å². The molecule has 0 spiro atoms. The molecule has 12 heavy (non-hydrogen) atoms. The summed E-state index contributed by atoms with van der Waals surface area (Å²) in [5, 5.41) is 12.0. The van der Waals surface area contributed by atoms with Gasteiger partial charge in [0.2, 0.25) is 0 Å². The summed E-state index contributed by atoms with van der Waals surface area (Å²) >= 11 is 0. The SMILES string of the molecule is CN(CCCCO)C1CCNC1. The standard InChI is InChI=1S/C9H20N2O/c1-11(6-2-3-7-12)9-4-5-10-8-9/h9-10,12H,2-8H2,1H3. The van der Waals surface area contributed by atoms with Crippen molar-refractivity contribution in [3.8, 4) is 0 Å². The molecular formula is C9H20N2O. The molecule has 72 valence electrons. The van der Waals surface area contributed by atoms with E-state index in [2.05, 4.69) is 17.3 Å². The van der Waals surface area contributed by atoms with Crippen molar-refractivity contribution in [2.75, 3.05) is 33.3 Å². The first-order valence-electron chi connectivity index (χ1n) is 4.86. The summed E-state index contributed by atoms with van der Waals surface area (Å²) in [6.45, 7) is 3.74. The zero-order valence-electron chi connectivity index (χ0n) is 7.92. The maximum atomic E-state index is 8.61. The van der Waals surface area contributed by atoms with Gasteiger partial charge in [0.05, 0.1) is 0 Å². The molecule has 1 aliphatic rings. The Bertz CT molecular complexity index is 113. The van der Waals surface area contributed by atoms with Crippen molar-refractivity contribution in [1.29, 1.82) is 0 Å². The van der Waals surface area contributed by atoms with Gasteiger partial charge in [0.15, 0.2) is 0 Å². The molecule has 1 atom stereocenters. The predicted molar refractivity (Wildman–Crippen MR) is 50.2 cm³/mol. The van der Waals surface area contributed by atoms with Crippen molar-refractivity contribution in [3.05, 3.63) is 0 Å². The molecule has 1 heterocycles. The van der Waals surface area contributed by atoms with E-state index in [4.69, 9.17) is 5.11 Å². The molecule has 0 aromatic carbocycles. The Morgan fingerprint density at radius 1 is 1.50 bits per heavy atom. The summed E-state index contributed by atoms with van der Waals surface area (Å²) in [5.41, 5.74) is 0. The Kier molecular flexibility index (Phi) is 4.58. The monoisotopic (exact) mass is 172 g/mol. The number of aliphatic hydroxyl groups is 1. The summed E-state index contributed by atoms with van der Waals surface area (Å²) in [6.07, 6.45) is 3.32. The number of nitrogens with zero attached hydrogens (tertiary/aromatic N) is 1. The fraction of sp³-hybridized carbons (Fsp3) is 1.00. The Hall–Kier alpha value is -0.120. The van der Waals surface area contributed by atoms with E-state index in [1.165, 1.54) is 6.42 Å². The number of unbranched alkanes of at least 4 members (excludes halogenated alkanes) is 1. The highest BCUT2D eigenvalue weighted by atomic mass is 16.2. The van der Waals surface area contributed by atoms with Crippen LogP contribution in [-0.2, 0) is 0 Å². The highest BCUT2D eigenvalue weighted by molar-refractivity contribution is 4.78. The average molecular weight is 172 g/mol. The van der Waals surface area contributed by atoms with E-state index in [9.17, 15) is 0 Å². The van der Waals surface area contributed by atoms with Gasteiger partial charge in [-0.1, -0.05) is 0 Å². The fourth-order valence-corrected chi connectivity index (χ4v) is 1.67. The Labute approximate surface area is 74.8 Å². The van der Waals surface area contributed by atoms with Crippen molar-refractivity contribution in [2.24, 2.45) is 0 Å². The predicted octanol–water partition coefficient (Wildman–Crippen LogP) is 0.0526. The van der Waals surface area contributed by atoms with Crippen molar-refractivity contribution >= 4 is 0 Å². The number of nitrogens with one attached hydrogen (secondary N) is 1. The van der Waals surface area contributed by atoms with Gasteiger partial charge in [0, 0.05) is 19.2 Å². The Morgan fingerprint density at radius 2 is 2.33 bits per heavy atom. The first-order valence-corrected chi connectivity index (χ1v) is 4.86. The van der Waals surface area contributed by atoms with E-state index in [0.717, 1.165) is 38.5 Å². The van der Waals surface area contributed by atoms with Crippen molar-refractivity contribution < 1.29 is 5.11 Å². The van der Waals surface area contributed by atoms with Gasteiger partial charge in [-0.15, -0.1) is 0 Å². The van der Waals surface area contributed by atoms with Crippen LogP contribution in [0.25, 0.3) is 0 Å². The van der Waals surface area contributed by atoms with Gasteiger partial charge in [-0.3, -0.25) is 0 Å². The maximum absolute atomic E-state index is 8.61. The molecule has 0 bridgehead atoms. The lowest BCUT2D eigenvalue weighted by atomic mass is 10.2. The molecule has 0 aliphatic carbocycles. The molecule has 0 aromatic rings. The molecule has 0 aromatic heterocycles. The third kappa shape index (κ3) is 3.09. The van der Waals surface area contributed by atoms with E-state index in [-0.39, 0.29) is 0 Å². The Balaban J connectivity index is 2.05. The van der Waals surface area contributed by atoms with Gasteiger partial charge >= 0.3 is 0 Å². The largest absolute Gasteiger partial charge is 0.396 e. The molecule has 3 heteroatoms. The fourth-order valence-electron chi connectivity index (χ4n) is 1.67. The lowest BCUT2D eigenvalue weighted by molar-refractivity contribution is 0.231. The van der Waals surface area contributed by atoms with Crippen LogP contribution in [0.3, 0.4) is 0 Å². The maximum Gasteiger partial charge on any atom is 0.0431 e. The van der Waals surface area contributed by atoms with Crippen LogP contribution in [0.2, 0.25) is 0 Å². The van der Waals surface area contributed by atoms with Crippen LogP contribution >= 0.6 is 0 Å². The third-order valence-electron chi connectivity index (χ3n) is 2.58. The van der Waals surface area contributed by atoms with E-state index in [1.807, 2.05) is 0 Å². The molecule has 1 fully saturated rings. The van der Waals surface area contributed by atoms with Crippen molar-refractivity contribution in [1.82, 2.24) is 10.2 Å². The van der Waals surface area contributed by atoms with Crippen LogP contribution in [0, 0.1) is 0 Å². The zero-order valence-corrected chi connectivity index (χ0v) is 7.92. The van der Waals surface area contributed by atoms with E-state index in [0.29, 0.717) is 6.61 Å². The lowest BCUT2D eigenvalue weighted by Gasteiger charge is -2.22. The van der Waals surface area contributed by atoms with Crippen LogP contribution in [0.15, 0.2) is 0 Å². The van der Waals surface area contributed by atoms with Crippen LogP contribution in [0.1, 0.15) is 19.3 Å². The molecule has 1 unspecified atom stereocenters. The number of aliphatic hydroxyl groups excluding tert-OH is 1. The van der Waals surface area contributed by atoms with Gasteiger partial charge in [-0.05, 0) is 39.4 Å². The normalized spacial score (nSPS) is 23.8. The van der Waals surface area contributed by atoms with Crippen LogP contribution in [0.5, 0.6) is 0 Å². The summed E-state index contributed by atoms with van der Waals surface area (Å²) in [5.74, 6) is 0. The molecule has 0 amide bonds. The minimum Gasteiger partial charge on any atom is -0.396 e. The minimum atomic E-state index is 0.330. The van der Waals surface area contributed by atoms with E-state index < -0.39 is 0 Å². The van der Waals surface area contributed by atoms with Crippen LogP contribution in [-0.4, -0.2) is 49.3 Å². The molecular weight excluding hydrogens is 152 g/mol. The summed E-state index contributed by atoms with van der Waals surface area (Å²) in [6, 6.07) is 0.726. The summed E-state index contributed by atoms with van der Waals surface area (Å²) < 4.78 is 0. The van der Waals surface area contributed by atoms with E-state index in [1.54, 1.807) is 0 Å².